The summed E-state index contributed by atoms with van der Waals surface area (Å²) in [6.45, 7) is 1.19. The largest absolute Gasteiger partial charge is 0.493 e. The number of hydrogen-bond donors (Lipinski definition) is 1. The zero-order chi connectivity index (χ0) is 26.6. The van der Waals surface area contributed by atoms with Crippen molar-refractivity contribution in [3.05, 3.63) is 88.5 Å². The number of ether oxygens (including phenoxy) is 2. The van der Waals surface area contributed by atoms with Crippen molar-refractivity contribution in [2.24, 2.45) is 0 Å². The van der Waals surface area contributed by atoms with Gasteiger partial charge in [-0.1, -0.05) is 36.4 Å². The second-order valence-corrected chi connectivity index (χ2v) is 10.6. The predicted molar refractivity (Wildman–Crippen MR) is 152 cm³/mol. The molecule has 1 N–H and O–H groups in total. The van der Waals surface area contributed by atoms with E-state index in [1.807, 2.05) is 0 Å². The molecule has 0 radical (unpaired) electrons. The van der Waals surface area contributed by atoms with Crippen LogP contribution in [0.2, 0.25) is 0 Å². The Labute approximate surface area is 226 Å². The predicted octanol–water partition coefficient (Wildman–Crippen LogP) is 5.11. The molecule has 38 heavy (non-hydrogen) atoms. The van der Waals surface area contributed by atoms with E-state index in [-0.39, 0.29) is 18.0 Å². The van der Waals surface area contributed by atoms with Crippen molar-refractivity contribution in [1.29, 1.82) is 0 Å². The molecule has 6 heteroatoms. The monoisotopic (exact) mass is 513 g/mol. The number of carbonyl (C=O) groups is 1. The maximum absolute atomic E-state index is 13.4. The number of carbonyl (C=O) groups excluding carboxylic acids is 1. The summed E-state index contributed by atoms with van der Waals surface area (Å²) in [4.78, 5) is 17.9. The van der Waals surface area contributed by atoms with E-state index in [0.717, 1.165) is 50.1 Å². The van der Waals surface area contributed by atoms with Crippen LogP contribution in [0.1, 0.15) is 52.7 Å². The number of anilines is 1. The smallest absolute Gasteiger partial charge is 0.234 e. The summed E-state index contributed by atoms with van der Waals surface area (Å²) in [6.07, 6.45) is 4.86. The van der Waals surface area contributed by atoms with Gasteiger partial charge in [0.2, 0.25) is 5.91 Å². The molecule has 0 bridgehead atoms. The van der Waals surface area contributed by atoms with Crippen molar-refractivity contribution in [2.75, 3.05) is 46.3 Å². The van der Waals surface area contributed by atoms with Gasteiger partial charge in [-0.3, -0.25) is 9.69 Å². The molecule has 0 saturated heterocycles. The molecule has 1 amide bonds. The van der Waals surface area contributed by atoms with Gasteiger partial charge in [0.25, 0.3) is 0 Å². The van der Waals surface area contributed by atoms with Crippen LogP contribution in [0.3, 0.4) is 0 Å². The van der Waals surface area contributed by atoms with E-state index in [0.29, 0.717) is 6.54 Å². The van der Waals surface area contributed by atoms with Crippen LogP contribution < -0.4 is 19.7 Å². The molecule has 2 unspecified atom stereocenters. The molecule has 200 valence electrons. The van der Waals surface area contributed by atoms with Crippen molar-refractivity contribution in [3.63, 3.8) is 0 Å². The number of aryl methyl sites for hydroxylation is 1. The number of fused-ring (bicyclic) bond motifs is 2. The van der Waals surface area contributed by atoms with Gasteiger partial charge in [-0.25, -0.2) is 0 Å². The second-order valence-electron chi connectivity index (χ2n) is 10.6. The van der Waals surface area contributed by atoms with E-state index in [1.54, 1.807) is 14.2 Å². The highest BCUT2D eigenvalue weighted by atomic mass is 16.5. The molecule has 1 aliphatic carbocycles. The lowest BCUT2D eigenvalue weighted by molar-refractivity contribution is -0.123. The van der Waals surface area contributed by atoms with Crippen LogP contribution in [0.5, 0.6) is 11.5 Å². The molecular formula is C32H39N3O3. The van der Waals surface area contributed by atoms with Crippen molar-refractivity contribution in [1.82, 2.24) is 10.2 Å². The van der Waals surface area contributed by atoms with Crippen LogP contribution in [-0.2, 0) is 24.1 Å². The minimum absolute atomic E-state index is 0.0631. The van der Waals surface area contributed by atoms with Gasteiger partial charge in [-0.15, -0.1) is 0 Å². The first-order valence-electron chi connectivity index (χ1n) is 13.6. The summed E-state index contributed by atoms with van der Waals surface area (Å²) in [6, 6.07) is 21.6. The Morgan fingerprint density at radius 1 is 0.947 bits per heavy atom. The highest BCUT2D eigenvalue weighted by Gasteiger charge is 2.31. The van der Waals surface area contributed by atoms with Gasteiger partial charge in [-0.2, -0.15) is 0 Å². The average Bonchev–Trinajstić information content (AvgIpc) is 2.94. The van der Waals surface area contributed by atoms with Gasteiger partial charge in [0.05, 0.1) is 26.8 Å². The Kier molecular flexibility index (Phi) is 7.89. The zero-order valence-corrected chi connectivity index (χ0v) is 23.0. The standard InChI is InChI=1S/C32H39N3O3/c1-34(2)25-14-12-22(13-15-25)18-29-27-20-31(38-4)30(37-3)19-24(27)16-17-35(29)21-32(36)33-28-11-7-9-23-8-5-6-10-26(23)28/h5-6,8,10,12-15,19-20,28-29H,7,9,11,16-18,21H2,1-4H3,(H,33,36). The number of nitrogens with zero attached hydrogens (tertiary/aromatic N) is 2. The lowest BCUT2D eigenvalue weighted by Crippen LogP contribution is -2.44. The number of nitrogens with one attached hydrogen (secondary N) is 1. The summed E-state index contributed by atoms with van der Waals surface area (Å²) < 4.78 is 11.3. The molecule has 2 aliphatic rings. The molecular weight excluding hydrogens is 474 g/mol. The molecule has 1 aliphatic heterocycles. The van der Waals surface area contributed by atoms with Crippen molar-refractivity contribution < 1.29 is 14.3 Å². The first-order chi connectivity index (χ1) is 18.5. The van der Waals surface area contributed by atoms with Gasteiger partial charge in [0.15, 0.2) is 11.5 Å². The molecule has 5 rings (SSSR count). The van der Waals surface area contributed by atoms with Crippen LogP contribution in [0.4, 0.5) is 5.69 Å². The van der Waals surface area contributed by atoms with Crippen LogP contribution in [0, 0.1) is 0 Å². The molecule has 0 fully saturated rings. The molecule has 0 saturated carbocycles. The normalized spacial score (nSPS) is 18.7. The fraction of sp³-hybridized carbons (Fsp3) is 0.406. The van der Waals surface area contributed by atoms with E-state index in [4.69, 9.17) is 9.47 Å². The van der Waals surface area contributed by atoms with Crippen molar-refractivity contribution in [2.45, 2.75) is 44.2 Å². The van der Waals surface area contributed by atoms with Crippen LogP contribution in [0.25, 0.3) is 0 Å². The minimum atomic E-state index is 0.0631. The number of rotatable bonds is 8. The second kappa shape index (κ2) is 11.5. The Hall–Kier alpha value is -3.51. The highest BCUT2D eigenvalue weighted by Crippen LogP contribution is 2.39. The van der Waals surface area contributed by atoms with E-state index >= 15 is 0 Å². The maximum atomic E-state index is 13.4. The first kappa shape index (κ1) is 26.1. The molecule has 6 nitrogen and oxygen atoms in total. The van der Waals surface area contributed by atoms with E-state index < -0.39 is 0 Å². The Bertz CT molecular complexity index is 1270. The van der Waals surface area contributed by atoms with E-state index in [2.05, 4.69) is 89.9 Å². The summed E-state index contributed by atoms with van der Waals surface area (Å²) in [5.74, 6) is 1.57. The Morgan fingerprint density at radius 3 is 2.42 bits per heavy atom. The van der Waals surface area contributed by atoms with Crippen molar-refractivity contribution in [3.8, 4) is 11.5 Å². The third kappa shape index (κ3) is 5.51. The number of amides is 1. The van der Waals surface area contributed by atoms with Gasteiger partial charge in [0.1, 0.15) is 0 Å². The topological polar surface area (TPSA) is 54.0 Å². The highest BCUT2D eigenvalue weighted by molar-refractivity contribution is 5.79. The SMILES string of the molecule is COc1cc2c(cc1OC)C(Cc1ccc(N(C)C)cc1)N(CC(=O)NC1CCCc3ccccc31)CC2. The zero-order valence-electron chi connectivity index (χ0n) is 23.0. The fourth-order valence-corrected chi connectivity index (χ4v) is 5.99. The summed E-state index contributed by atoms with van der Waals surface area (Å²) in [5, 5.41) is 3.36. The van der Waals surface area contributed by atoms with Gasteiger partial charge in [0, 0.05) is 32.4 Å². The Balaban J connectivity index is 1.40. The Morgan fingerprint density at radius 2 is 1.68 bits per heavy atom. The van der Waals surface area contributed by atoms with Crippen molar-refractivity contribution >= 4 is 11.6 Å². The van der Waals surface area contributed by atoms with Gasteiger partial charge >= 0.3 is 0 Å². The number of hydrogen-bond acceptors (Lipinski definition) is 5. The molecule has 3 aromatic rings. The number of methoxy groups -OCH3 is 2. The molecule has 0 aromatic heterocycles. The summed E-state index contributed by atoms with van der Waals surface area (Å²) >= 11 is 0. The lowest BCUT2D eigenvalue weighted by atomic mass is 9.87. The van der Waals surface area contributed by atoms with Crippen LogP contribution >= 0.6 is 0 Å². The summed E-state index contributed by atoms with van der Waals surface area (Å²) in [5.41, 5.74) is 7.52. The fourth-order valence-electron chi connectivity index (χ4n) is 5.99. The quantitative estimate of drug-likeness (QED) is 0.454. The van der Waals surface area contributed by atoms with E-state index in [9.17, 15) is 4.79 Å². The number of benzene rings is 3. The lowest BCUT2D eigenvalue weighted by Gasteiger charge is -2.38. The molecule has 0 spiro atoms. The van der Waals surface area contributed by atoms with Gasteiger partial charge < -0.3 is 19.7 Å². The third-order valence-electron chi connectivity index (χ3n) is 8.05. The molecule has 2 atom stereocenters. The van der Waals surface area contributed by atoms with Gasteiger partial charge in [-0.05, 0) is 84.2 Å². The summed E-state index contributed by atoms with van der Waals surface area (Å²) in [7, 11) is 7.46. The average molecular weight is 514 g/mol. The molecule has 1 heterocycles. The minimum Gasteiger partial charge on any atom is -0.493 e. The van der Waals surface area contributed by atoms with Crippen LogP contribution in [-0.4, -0.2) is 52.2 Å². The van der Waals surface area contributed by atoms with Crippen LogP contribution in [0.15, 0.2) is 60.7 Å². The first-order valence-corrected chi connectivity index (χ1v) is 13.6. The molecule has 3 aromatic carbocycles. The third-order valence-corrected chi connectivity index (χ3v) is 8.05. The maximum Gasteiger partial charge on any atom is 0.234 e. The van der Waals surface area contributed by atoms with E-state index in [1.165, 1.54) is 33.5 Å².